The van der Waals surface area contributed by atoms with Crippen LogP contribution in [0.4, 0.5) is 0 Å². The monoisotopic (exact) mass is 388 g/mol. The predicted octanol–water partition coefficient (Wildman–Crippen LogP) is 3.18. The van der Waals surface area contributed by atoms with Crippen molar-refractivity contribution in [2.45, 2.75) is 13.1 Å². The summed E-state index contributed by atoms with van der Waals surface area (Å²) in [6.45, 7) is 0.493. The van der Waals surface area contributed by atoms with E-state index in [0.717, 1.165) is 21.7 Å². The number of benzene rings is 2. The van der Waals surface area contributed by atoms with Gasteiger partial charge in [0, 0.05) is 28.5 Å². The molecular formula is C21H16N4O2S. The average molecular weight is 388 g/mol. The van der Waals surface area contributed by atoms with Crippen molar-refractivity contribution in [1.82, 2.24) is 19.3 Å². The lowest BCUT2D eigenvalue weighted by Gasteiger charge is -2.14. The van der Waals surface area contributed by atoms with E-state index in [1.165, 1.54) is 0 Å². The summed E-state index contributed by atoms with van der Waals surface area (Å²) in [7, 11) is 0. The number of thiazole rings is 1. The molecule has 1 N–H and O–H groups in total. The number of pyridine rings is 1. The molecule has 3 aromatic heterocycles. The van der Waals surface area contributed by atoms with E-state index in [0.29, 0.717) is 17.3 Å². The summed E-state index contributed by atoms with van der Waals surface area (Å²) in [5.41, 5.74) is 2.31. The van der Waals surface area contributed by atoms with Crippen LogP contribution < -0.4 is 10.7 Å². The van der Waals surface area contributed by atoms with E-state index in [9.17, 15) is 9.59 Å². The van der Waals surface area contributed by atoms with E-state index < -0.39 is 0 Å². The topological polar surface area (TPSA) is 68.4 Å². The number of imidazole rings is 1. The molecule has 6 nitrogen and oxygen atoms in total. The third-order valence-corrected chi connectivity index (χ3v) is 5.56. The predicted molar refractivity (Wildman–Crippen MR) is 111 cm³/mol. The van der Waals surface area contributed by atoms with E-state index in [1.54, 1.807) is 23.5 Å². The third kappa shape index (κ3) is 2.76. The first-order valence-corrected chi connectivity index (χ1v) is 9.77. The third-order valence-electron chi connectivity index (χ3n) is 4.79. The van der Waals surface area contributed by atoms with Gasteiger partial charge in [-0.05, 0) is 24.3 Å². The highest BCUT2D eigenvalue weighted by Crippen LogP contribution is 2.19. The summed E-state index contributed by atoms with van der Waals surface area (Å²) in [5, 5.41) is 6.13. The second kappa shape index (κ2) is 6.61. The second-order valence-corrected chi connectivity index (χ2v) is 7.42. The number of carbonyl (C=O) groups is 1. The molecule has 0 aliphatic carbocycles. The average Bonchev–Trinajstić information content (AvgIpc) is 3.31. The van der Waals surface area contributed by atoms with Crippen LogP contribution in [-0.4, -0.2) is 19.9 Å². The number of fused-ring (bicyclic) bond motifs is 3. The van der Waals surface area contributed by atoms with Crippen molar-refractivity contribution in [3.8, 4) is 0 Å². The summed E-state index contributed by atoms with van der Waals surface area (Å²) in [6.07, 6.45) is 3.85. The molecule has 138 valence electrons. The maximum absolute atomic E-state index is 12.8. The fourth-order valence-corrected chi connectivity index (χ4v) is 4.22. The smallest absolute Gasteiger partial charge is 0.240 e. The van der Waals surface area contributed by atoms with Crippen molar-refractivity contribution in [1.29, 1.82) is 0 Å². The van der Waals surface area contributed by atoms with Gasteiger partial charge in [0.25, 0.3) is 0 Å². The molecule has 0 fully saturated rings. The van der Waals surface area contributed by atoms with Crippen molar-refractivity contribution >= 4 is 44.0 Å². The summed E-state index contributed by atoms with van der Waals surface area (Å²) < 4.78 is 3.84. The summed E-state index contributed by atoms with van der Waals surface area (Å²) in [4.78, 5) is 30.8. The minimum Gasteiger partial charge on any atom is -0.349 e. The number of aromatic nitrogens is 3. The number of hydrogen-bond donors (Lipinski definition) is 1. The largest absolute Gasteiger partial charge is 0.349 e. The van der Waals surface area contributed by atoms with E-state index in [2.05, 4.69) is 10.3 Å². The number of rotatable bonds is 4. The Morgan fingerprint density at radius 3 is 2.39 bits per heavy atom. The van der Waals surface area contributed by atoms with Crippen molar-refractivity contribution in [2.75, 3.05) is 0 Å². The van der Waals surface area contributed by atoms with Crippen LogP contribution in [0, 0.1) is 0 Å². The molecule has 5 aromatic rings. The van der Waals surface area contributed by atoms with Crippen LogP contribution in [0.15, 0.2) is 71.1 Å². The second-order valence-electron chi connectivity index (χ2n) is 6.55. The Morgan fingerprint density at radius 2 is 1.71 bits per heavy atom. The zero-order chi connectivity index (χ0) is 19.1. The van der Waals surface area contributed by atoms with Gasteiger partial charge < -0.3 is 9.88 Å². The van der Waals surface area contributed by atoms with Crippen molar-refractivity contribution in [3.05, 3.63) is 82.2 Å². The summed E-state index contributed by atoms with van der Waals surface area (Å²) in [5.74, 6) is -0.129. The SMILES string of the molecule is O=C(Cn1c2ccccc2c(=O)c2ccccc21)NCc1cn2ccsc2n1. The molecule has 1 amide bonds. The Labute approximate surface area is 163 Å². The summed E-state index contributed by atoms with van der Waals surface area (Å²) in [6, 6.07) is 14.8. The Morgan fingerprint density at radius 1 is 1.04 bits per heavy atom. The normalized spacial score (nSPS) is 11.4. The fraction of sp³-hybridized carbons (Fsp3) is 0.0952. The highest BCUT2D eigenvalue weighted by Gasteiger charge is 2.13. The van der Waals surface area contributed by atoms with Crippen LogP contribution in [0.1, 0.15) is 5.69 Å². The molecule has 0 radical (unpaired) electrons. The summed E-state index contributed by atoms with van der Waals surface area (Å²) >= 11 is 1.55. The Balaban J connectivity index is 1.47. The number of nitrogens with zero attached hydrogens (tertiary/aromatic N) is 3. The van der Waals surface area contributed by atoms with Gasteiger partial charge in [-0.25, -0.2) is 4.98 Å². The zero-order valence-electron chi connectivity index (χ0n) is 14.8. The number of hydrogen-bond acceptors (Lipinski definition) is 4. The molecule has 7 heteroatoms. The Kier molecular flexibility index (Phi) is 3.95. The van der Waals surface area contributed by atoms with E-state index in [1.807, 2.05) is 63.1 Å². The van der Waals surface area contributed by atoms with Gasteiger partial charge in [-0.3, -0.25) is 14.0 Å². The van der Waals surface area contributed by atoms with Crippen molar-refractivity contribution < 1.29 is 4.79 Å². The maximum atomic E-state index is 12.8. The van der Waals surface area contributed by atoms with Gasteiger partial charge >= 0.3 is 0 Å². The van der Waals surface area contributed by atoms with Gasteiger partial charge in [-0.1, -0.05) is 24.3 Å². The van der Waals surface area contributed by atoms with Crippen molar-refractivity contribution in [2.24, 2.45) is 0 Å². The maximum Gasteiger partial charge on any atom is 0.240 e. The number of amides is 1. The first-order chi connectivity index (χ1) is 13.7. The first kappa shape index (κ1) is 16.7. The first-order valence-electron chi connectivity index (χ1n) is 8.89. The molecular weight excluding hydrogens is 372 g/mol. The molecule has 0 bridgehead atoms. The lowest BCUT2D eigenvalue weighted by atomic mass is 10.1. The molecule has 2 aromatic carbocycles. The van der Waals surface area contributed by atoms with Crippen LogP contribution in [0.3, 0.4) is 0 Å². The Hall–Kier alpha value is -3.45. The number of para-hydroxylation sites is 2. The van der Waals surface area contributed by atoms with Crippen LogP contribution in [0.5, 0.6) is 0 Å². The molecule has 0 atom stereocenters. The molecule has 0 saturated heterocycles. The molecule has 28 heavy (non-hydrogen) atoms. The van der Waals surface area contributed by atoms with Crippen LogP contribution in [-0.2, 0) is 17.9 Å². The lowest BCUT2D eigenvalue weighted by molar-refractivity contribution is -0.121. The fourth-order valence-electron chi connectivity index (χ4n) is 3.50. The van der Waals surface area contributed by atoms with Crippen LogP contribution in [0.25, 0.3) is 26.8 Å². The van der Waals surface area contributed by atoms with Crippen molar-refractivity contribution in [3.63, 3.8) is 0 Å². The molecule has 5 rings (SSSR count). The van der Waals surface area contributed by atoms with E-state index in [-0.39, 0.29) is 17.9 Å². The van der Waals surface area contributed by atoms with Gasteiger partial charge in [-0.2, -0.15) is 0 Å². The molecule has 0 aliphatic rings. The van der Waals surface area contributed by atoms with Crippen LogP contribution >= 0.6 is 11.3 Å². The van der Waals surface area contributed by atoms with Gasteiger partial charge in [-0.15, -0.1) is 11.3 Å². The van der Waals surface area contributed by atoms with Crippen LogP contribution in [0.2, 0.25) is 0 Å². The van der Waals surface area contributed by atoms with E-state index >= 15 is 0 Å². The van der Waals surface area contributed by atoms with Gasteiger partial charge in [0.05, 0.1) is 23.3 Å². The lowest BCUT2D eigenvalue weighted by Crippen LogP contribution is -2.28. The zero-order valence-corrected chi connectivity index (χ0v) is 15.6. The minimum atomic E-state index is -0.129. The molecule has 0 spiro atoms. The minimum absolute atomic E-state index is 0.0130. The van der Waals surface area contributed by atoms with E-state index in [4.69, 9.17) is 0 Å². The highest BCUT2D eigenvalue weighted by molar-refractivity contribution is 7.15. The standard InChI is InChI=1S/C21H16N4O2S/c26-19(22-11-14-12-24-9-10-28-21(24)23-14)13-25-17-7-3-1-5-15(17)20(27)16-6-2-4-8-18(16)25/h1-10,12H,11,13H2,(H,22,26). The molecule has 0 aliphatic heterocycles. The number of carbonyl (C=O) groups excluding carboxylic acids is 1. The molecule has 0 unspecified atom stereocenters. The molecule has 3 heterocycles. The Bertz CT molecular complexity index is 1310. The van der Waals surface area contributed by atoms with Gasteiger partial charge in [0.15, 0.2) is 10.4 Å². The van der Waals surface area contributed by atoms with Gasteiger partial charge in [0.1, 0.15) is 6.54 Å². The number of nitrogens with one attached hydrogen (secondary N) is 1. The molecule has 0 saturated carbocycles. The quantitative estimate of drug-likeness (QED) is 0.481. The highest BCUT2D eigenvalue weighted by atomic mass is 32.1. The van der Waals surface area contributed by atoms with Gasteiger partial charge in [0.2, 0.25) is 5.91 Å².